The molecule has 0 unspecified atom stereocenters. The van der Waals surface area contributed by atoms with Crippen molar-refractivity contribution >= 4 is 75.0 Å². The molecule has 3 heterocycles. The number of furan rings is 1. The Morgan fingerprint density at radius 1 is 0.435 bits per heavy atom. The molecule has 10 aromatic rings. The summed E-state index contributed by atoms with van der Waals surface area (Å²) in [5.74, 6) is 0. The highest BCUT2D eigenvalue weighted by Gasteiger charge is 2.18. The van der Waals surface area contributed by atoms with Crippen LogP contribution in [0.4, 0.5) is 0 Å². The Labute approximate surface area is 268 Å². The van der Waals surface area contributed by atoms with E-state index in [2.05, 4.69) is 152 Å². The largest absolute Gasteiger partial charge is 0.455 e. The SMILES string of the molecule is c1ccc(-c2nc(-c3ccc(-c4ccc5c(c4)sc4ccccc45)cc3)cc3c2ccc2oc4c5ccccc5ccc4c23)cc1. The van der Waals surface area contributed by atoms with Crippen LogP contribution in [0.15, 0.2) is 156 Å². The fourth-order valence-electron chi connectivity index (χ4n) is 7.03. The normalized spacial score (nSPS) is 11.9. The Morgan fingerprint density at radius 2 is 1.13 bits per heavy atom. The zero-order chi connectivity index (χ0) is 30.2. The van der Waals surface area contributed by atoms with Gasteiger partial charge in [0.25, 0.3) is 0 Å². The number of aromatic nitrogens is 1. The van der Waals surface area contributed by atoms with Gasteiger partial charge in [0, 0.05) is 52.8 Å². The number of hydrogen-bond acceptors (Lipinski definition) is 3. The standard InChI is InChI=1S/C43H25NOS/c1-2-9-29(10-3-1)42-34-22-23-38-41(35-21-18-27-8-4-5-11-31(27)43(35)45-38)36(34)25-37(44-42)28-16-14-26(15-17-28)30-19-20-33-32-12-6-7-13-39(32)46-40(33)24-30/h1-25H. The summed E-state index contributed by atoms with van der Waals surface area (Å²) in [5.41, 5.74) is 8.34. The molecule has 10 rings (SSSR count). The van der Waals surface area contributed by atoms with Crippen LogP contribution < -0.4 is 0 Å². The Hall–Kier alpha value is -5.77. The summed E-state index contributed by atoms with van der Waals surface area (Å²) in [5, 5.41) is 9.48. The van der Waals surface area contributed by atoms with E-state index in [-0.39, 0.29) is 0 Å². The molecule has 3 heteroatoms. The molecule has 46 heavy (non-hydrogen) atoms. The van der Waals surface area contributed by atoms with E-state index in [4.69, 9.17) is 9.40 Å². The van der Waals surface area contributed by atoms with Crippen molar-refractivity contribution in [3.05, 3.63) is 152 Å². The zero-order valence-corrected chi connectivity index (χ0v) is 25.5. The van der Waals surface area contributed by atoms with E-state index in [9.17, 15) is 0 Å². The van der Waals surface area contributed by atoms with Gasteiger partial charge in [0.1, 0.15) is 11.2 Å². The minimum Gasteiger partial charge on any atom is -0.455 e. The molecule has 3 aromatic heterocycles. The van der Waals surface area contributed by atoms with Gasteiger partial charge in [0.05, 0.1) is 11.4 Å². The minimum absolute atomic E-state index is 0.891. The lowest BCUT2D eigenvalue weighted by Crippen LogP contribution is -1.92. The second-order valence-electron chi connectivity index (χ2n) is 11.9. The summed E-state index contributed by atoms with van der Waals surface area (Å²) in [7, 11) is 0. The van der Waals surface area contributed by atoms with Crippen LogP contribution in [0.25, 0.3) is 97.3 Å². The molecule has 0 aliphatic carbocycles. The second kappa shape index (κ2) is 9.87. The van der Waals surface area contributed by atoms with Crippen molar-refractivity contribution in [1.29, 1.82) is 0 Å². The first-order valence-electron chi connectivity index (χ1n) is 15.5. The average Bonchev–Trinajstić information content (AvgIpc) is 3.70. The van der Waals surface area contributed by atoms with E-state index < -0.39 is 0 Å². The molecule has 0 spiro atoms. The lowest BCUT2D eigenvalue weighted by Gasteiger charge is -2.12. The monoisotopic (exact) mass is 603 g/mol. The molecule has 0 radical (unpaired) electrons. The number of nitrogens with zero attached hydrogens (tertiary/aromatic N) is 1. The van der Waals surface area contributed by atoms with Crippen molar-refractivity contribution in [3.8, 4) is 33.6 Å². The average molecular weight is 604 g/mol. The number of rotatable bonds is 3. The van der Waals surface area contributed by atoms with Gasteiger partial charge < -0.3 is 4.42 Å². The molecular formula is C43H25NOS. The smallest absolute Gasteiger partial charge is 0.143 e. The predicted octanol–water partition coefficient (Wildman–Crippen LogP) is 12.7. The lowest BCUT2D eigenvalue weighted by atomic mass is 9.96. The van der Waals surface area contributed by atoms with Crippen molar-refractivity contribution in [1.82, 2.24) is 4.98 Å². The van der Waals surface area contributed by atoms with Gasteiger partial charge in [-0.05, 0) is 58.3 Å². The Bertz CT molecular complexity index is 2790. The maximum atomic E-state index is 6.56. The molecule has 214 valence electrons. The summed E-state index contributed by atoms with van der Waals surface area (Å²) in [6.45, 7) is 0. The molecule has 0 N–H and O–H groups in total. The topological polar surface area (TPSA) is 26.0 Å². The molecular weight excluding hydrogens is 579 g/mol. The van der Waals surface area contributed by atoms with E-state index >= 15 is 0 Å². The number of hydrogen-bond donors (Lipinski definition) is 0. The Kier molecular flexibility index (Phi) is 5.48. The first-order valence-corrected chi connectivity index (χ1v) is 16.4. The van der Waals surface area contributed by atoms with Gasteiger partial charge in [-0.1, -0.05) is 115 Å². The predicted molar refractivity (Wildman–Crippen MR) is 196 cm³/mol. The maximum absolute atomic E-state index is 6.56. The number of fused-ring (bicyclic) bond motifs is 10. The number of thiophene rings is 1. The maximum Gasteiger partial charge on any atom is 0.143 e. The molecule has 2 nitrogen and oxygen atoms in total. The summed E-state index contributed by atoms with van der Waals surface area (Å²) >= 11 is 1.86. The third-order valence-electron chi connectivity index (χ3n) is 9.28. The third-order valence-corrected chi connectivity index (χ3v) is 10.4. The van der Waals surface area contributed by atoms with Gasteiger partial charge in [0.15, 0.2) is 0 Å². The summed E-state index contributed by atoms with van der Waals surface area (Å²) in [6.07, 6.45) is 0. The molecule has 7 aromatic carbocycles. The highest BCUT2D eigenvalue weighted by atomic mass is 32.1. The van der Waals surface area contributed by atoms with Crippen LogP contribution in [0.3, 0.4) is 0 Å². The molecule has 0 aliphatic heterocycles. The molecule has 0 amide bonds. The fourth-order valence-corrected chi connectivity index (χ4v) is 8.18. The van der Waals surface area contributed by atoms with Gasteiger partial charge in [-0.3, -0.25) is 0 Å². The van der Waals surface area contributed by atoms with Crippen molar-refractivity contribution in [2.75, 3.05) is 0 Å². The fraction of sp³-hybridized carbons (Fsp3) is 0. The lowest BCUT2D eigenvalue weighted by molar-refractivity contribution is 0.673. The van der Waals surface area contributed by atoms with Crippen molar-refractivity contribution in [3.63, 3.8) is 0 Å². The van der Waals surface area contributed by atoms with Crippen molar-refractivity contribution < 1.29 is 4.42 Å². The highest BCUT2D eigenvalue weighted by molar-refractivity contribution is 7.25. The van der Waals surface area contributed by atoms with Crippen LogP contribution in [-0.4, -0.2) is 4.98 Å². The van der Waals surface area contributed by atoms with E-state index in [0.29, 0.717) is 0 Å². The first kappa shape index (κ1) is 25.5. The first-order chi connectivity index (χ1) is 22.8. The highest BCUT2D eigenvalue weighted by Crippen LogP contribution is 2.42. The van der Waals surface area contributed by atoms with Crippen LogP contribution in [0.5, 0.6) is 0 Å². The quantitative estimate of drug-likeness (QED) is 0.201. The van der Waals surface area contributed by atoms with Gasteiger partial charge in [-0.15, -0.1) is 11.3 Å². The summed E-state index contributed by atoms with van der Waals surface area (Å²) in [4.78, 5) is 5.30. The van der Waals surface area contributed by atoms with Crippen LogP contribution in [0.2, 0.25) is 0 Å². The number of pyridine rings is 1. The van der Waals surface area contributed by atoms with Gasteiger partial charge in [-0.25, -0.2) is 4.98 Å². The minimum atomic E-state index is 0.891. The third kappa shape index (κ3) is 3.86. The molecule has 0 bridgehead atoms. The molecule has 0 fully saturated rings. The van der Waals surface area contributed by atoms with Crippen molar-refractivity contribution in [2.45, 2.75) is 0 Å². The van der Waals surface area contributed by atoms with E-state index in [1.165, 1.54) is 36.7 Å². The summed E-state index contributed by atoms with van der Waals surface area (Å²) < 4.78 is 9.20. The van der Waals surface area contributed by atoms with Crippen molar-refractivity contribution in [2.24, 2.45) is 0 Å². The van der Waals surface area contributed by atoms with E-state index in [1.807, 2.05) is 11.3 Å². The Morgan fingerprint density at radius 3 is 2.02 bits per heavy atom. The Balaban J connectivity index is 1.16. The van der Waals surface area contributed by atoms with E-state index in [1.54, 1.807) is 0 Å². The molecule has 0 saturated carbocycles. The van der Waals surface area contributed by atoms with Crippen LogP contribution in [-0.2, 0) is 0 Å². The van der Waals surface area contributed by atoms with Gasteiger partial charge >= 0.3 is 0 Å². The van der Waals surface area contributed by atoms with Gasteiger partial charge in [-0.2, -0.15) is 0 Å². The van der Waals surface area contributed by atoms with Gasteiger partial charge in [0.2, 0.25) is 0 Å². The number of benzene rings is 7. The van der Waals surface area contributed by atoms with Crippen LogP contribution in [0.1, 0.15) is 0 Å². The second-order valence-corrected chi connectivity index (χ2v) is 13.0. The molecule has 0 saturated heterocycles. The van der Waals surface area contributed by atoms with E-state index in [0.717, 1.165) is 60.6 Å². The summed E-state index contributed by atoms with van der Waals surface area (Å²) in [6, 6.07) is 54.1. The zero-order valence-electron chi connectivity index (χ0n) is 24.7. The molecule has 0 aliphatic rings. The van der Waals surface area contributed by atoms with Crippen LogP contribution in [0, 0.1) is 0 Å². The van der Waals surface area contributed by atoms with Crippen LogP contribution >= 0.6 is 11.3 Å². The molecule has 0 atom stereocenters.